The van der Waals surface area contributed by atoms with E-state index in [1.165, 1.54) is 14.2 Å². The zero-order chi connectivity index (χ0) is 18.1. The van der Waals surface area contributed by atoms with Crippen LogP contribution in [-0.4, -0.2) is 26.2 Å². The van der Waals surface area contributed by atoms with Crippen molar-refractivity contribution in [2.24, 2.45) is 10.8 Å². The first kappa shape index (κ1) is 18.0. The summed E-state index contributed by atoms with van der Waals surface area (Å²) < 4.78 is 10.00. The lowest BCUT2D eigenvalue weighted by Crippen LogP contribution is -2.41. The molecule has 0 aliphatic heterocycles. The van der Waals surface area contributed by atoms with Gasteiger partial charge in [-0.2, -0.15) is 0 Å². The summed E-state index contributed by atoms with van der Waals surface area (Å²) in [5.74, 6) is -1.24. The third-order valence-corrected chi connectivity index (χ3v) is 4.41. The number of allylic oxidation sites excluding steroid dienone is 2. The van der Waals surface area contributed by atoms with Crippen LogP contribution in [0.2, 0.25) is 0 Å². The monoisotopic (exact) mass is 328 g/mol. The summed E-state index contributed by atoms with van der Waals surface area (Å²) in [4.78, 5) is 25.4. The molecule has 4 heteroatoms. The van der Waals surface area contributed by atoms with Gasteiger partial charge in [0.2, 0.25) is 5.41 Å². The Bertz CT molecular complexity index is 703. The highest BCUT2D eigenvalue weighted by atomic mass is 16.5. The van der Waals surface area contributed by atoms with E-state index in [1.54, 1.807) is 6.08 Å². The van der Waals surface area contributed by atoms with Crippen LogP contribution in [0.15, 0.2) is 47.6 Å². The molecule has 0 fully saturated rings. The van der Waals surface area contributed by atoms with E-state index < -0.39 is 22.8 Å². The van der Waals surface area contributed by atoms with Gasteiger partial charge in [0.05, 0.1) is 14.2 Å². The molecule has 0 heterocycles. The molecular formula is C20H24O4. The first-order valence-corrected chi connectivity index (χ1v) is 7.87. The lowest BCUT2D eigenvalue weighted by molar-refractivity contribution is -0.162. The third-order valence-electron chi connectivity index (χ3n) is 4.41. The van der Waals surface area contributed by atoms with Gasteiger partial charge in [0.25, 0.3) is 0 Å². The normalized spacial score (nSPS) is 15.6. The topological polar surface area (TPSA) is 52.6 Å². The average molecular weight is 328 g/mol. The second-order valence-electron chi connectivity index (χ2n) is 6.75. The number of carbonyl (C=O) groups is 2. The number of hydrogen-bond acceptors (Lipinski definition) is 4. The fourth-order valence-corrected chi connectivity index (χ4v) is 3.50. The van der Waals surface area contributed by atoms with Gasteiger partial charge < -0.3 is 9.47 Å². The maximum absolute atomic E-state index is 12.7. The summed E-state index contributed by atoms with van der Waals surface area (Å²) in [6.45, 7) is 7.70. The molecular weight excluding hydrogens is 304 g/mol. The van der Waals surface area contributed by atoms with Gasteiger partial charge in [0.1, 0.15) is 0 Å². The van der Waals surface area contributed by atoms with Crippen LogP contribution in [0.25, 0.3) is 5.57 Å². The molecule has 4 nitrogen and oxygen atoms in total. The van der Waals surface area contributed by atoms with Gasteiger partial charge in [0, 0.05) is 5.41 Å². The van der Waals surface area contributed by atoms with Crippen molar-refractivity contribution in [3.8, 4) is 0 Å². The lowest BCUT2D eigenvalue weighted by Gasteiger charge is -2.26. The molecule has 1 aromatic rings. The summed E-state index contributed by atoms with van der Waals surface area (Å²) in [5.41, 5.74) is 1.62. The van der Waals surface area contributed by atoms with Crippen molar-refractivity contribution in [1.82, 2.24) is 0 Å². The number of ether oxygens (including phenoxy) is 2. The lowest BCUT2D eigenvalue weighted by atomic mass is 9.78. The van der Waals surface area contributed by atoms with Crippen LogP contribution >= 0.6 is 0 Å². The van der Waals surface area contributed by atoms with E-state index in [0.717, 1.165) is 22.3 Å². The Balaban J connectivity index is 2.76. The Kier molecular flexibility index (Phi) is 4.70. The van der Waals surface area contributed by atoms with Crippen molar-refractivity contribution in [2.45, 2.75) is 27.7 Å². The molecule has 0 atom stereocenters. The molecule has 0 spiro atoms. The Hall–Kier alpha value is -2.36. The molecule has 0 saturated carbocycles. The molecule has 1 aliphatic rings. The highest BCUT2D eigenvalue weighted by Gasteiger charge is 2.63. The summed E-state index contributed by atoms with van der Waals surface area (Å²) in [6.07, 6.45) is 1.65. The Morgan fingerprint density at radius 1 is 1.00 bits per heavy atom. The molecule has 2 rings (SSSR count). The van der Waals surface area contributed by atoms with E-state index >= 15 is 0 Å². The number of hydrogen-bond donors (Lipinski definition) is 0. The fraction of sp³-hybridized carbons (Fsp3) is 0.400. The van der Waals surface area contributed by atoms with Crippen LogP contribution in [0.3, 0.4) is 0 Å². The predicted molar refractivity (Wildman–Crippen MR) is 93.0 cm³/mol. The quantitative estimate of drug-likeness (QED) is 0.469. The second kappa shape index (κ2) is 6.27. The van der Waals surface area contributed by atoms with Crippen LogP contribution in [0, 0.1) is 10.8 Å². The van der Waals surface area contributed by atoms with E-state index in [9.17, 15) is 9.59 Å². The Morgan fingerprint density at radius 2 is 1.50 bits per heavy atom. The number of benzene rings is 1. The molecule has 128 valence electrons. The molecule has 0 unspecified atom stereocenters. The summed E-state index contributed by atoms with van der Waals surface area (Å²) in [7, 11) is 2.58. The van der Waals surface area contributed by atoms with Crippen molar-refractivity contribution in [2.75, 3.05) is 14.2 Å². The third kappa shape index (κ3) is 2.66. The van der Waals surface area contributed by atoms with Gasteiger partial charge in [-0.1, -0.05) is 55.8 Å². The van der Waals surface area contributed by atoms with E-state index in [-0.39, 0.29) is 0 Å². The molecule has 0 radical (unpaired) electrons. The number of esters is 2. The first-order valence-electron chi connectivity index (χ1n) is 7.87. The van der Waals surface area contributed by atoms with Gasteiger partial charge in [-0.3, -0.25) is 9.59 Å². The summed E-state index contributed by atoms with van der Waals surface area (Å²) in [5, 5.41) is 0. The minimum Gasteiger partial charge on any atom is -0.468 e. The van der Waals surface area contributed by atoms with Crippen molar-refractivity contribution in [1.29, 1.82) is 0 Å². The maximum Gasteiger partial charge on any atom is 0.331 e. The van der Waals surface area contributed by atoms with Crippen molar-refractivity contribution in [3.05, 3.63) is 53.1 Å². The Morgan fingerprint density at radius 3 is 1.92 bits per heavy atom. The van der Waals surface area contributed by atoms with Crippen LogP contribution in [0.4, 0.5) is 0 Å². The van der Waals surface area contributed by atoms with Crippen LogP contribution in [0.1, 0.15) is 33.3 Å². The minimum atomic E-state index is -1.54. The smallest absolute Gasteiger partial charge is 0.331 e. The minimum absolute atomic E-state index is 0.393. The summed E-state index contributed by atoms with van der Waals surface area (Å²) >= 11 is 0. The first-order chi connectivity index (χ1) is 11.2. The van der Waals surface area contributed by atoms with E-state index in [2.05, 4.69) is 0 Å². The SMILES string of the molecule is COC(=O)C(C=C(C)C)(C(=O)OC)C1=C(c2ccccc2)C1(C)C. The summed E-state index contributed by atoms with van der Waals surface area (Å²) in [6, 6.07) is 9.77. The molecule has 0 N–H and O–H groups in total. The predicted octanol–water partition coefficient (Wildman–Crippen LogP) is 3.78. The zero-order valence-electron chi connectivity index (χ0n) is 15.1. The van der Waals surface area contributed by atoms with Crippen LogP contribution in [-0.2, 0) is 19.1 Å². The van der Waals surface area contributed by atoms with Gasteiger partial charge in [-0.15, -0.1) is 0 Å². The van der Waals surface area contributed by atoms with E-state index in [4.69, 9.17) is 9.47 Å². The van der Waals surface area contributed by atoms with E-state index in [0.29, 0.717) is 0 Å². The average Bonchev–Trinajstić information content (AvgIpc) is 3.14. The molecule has 0 bridgehead atoms. The number of rotatable bonds is 5. The van der Waals surface area contributed by atoms with Gasteiger partial charge >= 0.3 is 11.9 Å². The maximum atomic E-state index is 12.7. The molecule has 24 heavy (non-hydrogen) atoms. The molecule has 0 amide bonds. The Labute approximate surface area is 143 Å². The van der Waals surface area contributed by atoms with Crippen molar-refractivity contribution >= 4 is 17.5 Å². The van der Waals surface area contributed by atoms with E-state index in [1.807, 2.05) is 58.0 Å². The number of carbonyl (C=O) groups excluding carboxylic acids is 2. The van der Waals surface area contributed by atoms with Crippen LogP contribution < -0.4 is 0 Å². The molecule has 0 aromatic heterocycles. The van der Waals surface area contributed by atoms with Gasteiger partial charge in [-0.05, 0) is 30.6 Å². The standard InChI is InChI=1S/C20H24O4/c1-13(2)12-20(17(21)23-5,18(22)24-6)16-15(19(16,3)4)14-10-8-7-9-11-14/h7-12H,1-6H3. The highest BCUT2D eigenvalue weighted by molar-refractivity contribution is 6.12. The number of methoxy groups -OCH3 is 2. The second-order valence-corrected chi connectivity index (χ2v) is 6.75. The zero-order valence-corrected chi connectivity index (χ0v) is 15.1. The molecule has 0 saturated heterocycles. The van der Waals surface area contributed by atoms with Gasteiger partial charge in [0.15, 0.2) is 0 Å². The highest BCUT2D eigenvalue weighted by Crippen LogP contribution is 2.65. The van der Waals surface area contributed by atoms with Crippen molar-refractivity contribution < 1.29 is 19.1 Å². The fourth-order valence-electron chi connectivity index (χ4n) is 3.50. The largest absolute Gasteiger partial charge is 0.468 e. The molecule has 1 aromatic carbocycles. The van der Waals surface area contributed by atoms with Gasteiger partial charge in [-0.25, -0.2) is 0 Å². The molecule has 1 aliphatic carbocycles. The van der Waals surface area contributed by atoms with Crippen molar-refractivity contribution in [3.63, 3.8) is 0 Å². The van der Waals surface area contributed by atoms with Crippen LogP contribution in [0.5, 0.6) is 0 Å².